The lowest BCUT2D eigenvalue weighted by Gasteiger charge is -2.17. The molecule has 2 rings (SSSR count). The van der Waals surface area contributed by atoms with E-state index in [1.165, 1.54) is 24.4 Å². The minimum atomic E-state index is -4.39. The minimum absolute atomic E-state index is 0.0610. The first-order chi connectivity index (χ1) is 7.95. The Kier molecular flexibility index (Phi) is 2.74. The molecule has 0 saturated carbocycles. The first-order valence-corrected chi connectivity index (χ1v) is 5.01. The summed E-state index contributed by atoms with van der Waals surface area (Å²) in [7, 11) is 0. The molecule has 0 bridgehead atoms. The smallest absolute Gasteiger partial charge is 0.397 e. The first-order valence-electron chi connectivity index (χ1n) is 5.01. The third kappa shape index (κ3) is 1.95. The molecule has 1 atom stereocenters. The van der Waals surface area contributed by atoms with E-state index in [-0.39, 0.29) is 11.3 Å². The highest BCUT2D eigenvalue weighted by atomic mass is 19.4. The molecule has 1 unspecified atom stereocenters. The predicted octanol–water partition coefficient (Wildman–Crippen LogP) is 2.48. The molecule has 4 N–H and O–H groups in total. The fourth-order valence-corrected chi connectivity index (χ4v) is 1.89. The van der Waals surface area contributed by atoms with Crippen molar-refractivity contribution in [1.29, 1.82) is 0 Å². The van der Waals surface area contributed by atoms with E-state index in [9.17, 15) is 18.3 Å². The summed E-state index contributed by atoms with van der Waals surface area (Å²) in [4.78, 5) is 2.64. The summed E-state index contributed by atoms with van der Waals surface area (Å²) in [6.45, 7) is -0.522. The van der Waals surface area contributed by atoms with Crippen molar-refractivity contribution in [3.63, 3.8) is 0 Å². The second-order valence-corrected chi connectivity index (χ2v) is 3.77. The van der Waals surface area contributed by atoms with Crippen molar-refractivity contribution < 1.29 is 18.3 Å². The number of nitrogens with one attached hydrogen (secondary N) is 1. The van der Waals surface area contributed by atoms with Crippen LogP contribution >= 0.6 is 0 Å². The fourth-order valence-electron chi connectivity index (χ4n) is 1.89. The number of benzene rings is 1. The summed E-state index contributed by atoms with van der Waals surface area (Å²) in [5.74, 6) is -1.80. The highest BCUT2D eigenvalue weighted by molar-refractivity contribution is 5.88. The number of alkyl halides is 3. The summed E-state index contributed by atoms with van der Waals surface area (Å²) < 4.78 is 38.3. The quantitative estimate of drug-likeness (QED) is 0.760. The van der Waals surface area contributed by atoms with Gasteiger partial charge in [-0.2, -0.15) is 13.2 Å². The first kappa shape index (κ1) is 11.8. The van der Waals surface area contributed by atoms with Gasteiger partial charge in [-0.1, -0.05) is 12.1 Å². The van der Waals surface area contributed by atoms with Crippen molar-refractivity contribution in [2.45, 2.75) is 12.1 Å². The van der Waals surface area contributed by atoms with E-state index in [0.29, 0.717) is 10.9 Å². The molecule has 0 saturated heterocycles. The molecule has 0 amide bonds. The zero-order chi connectivity index (χ0) is 12.6. The van der Waals surface area contributed by atoms with E-state index in [4.69, 9.17) is 5.73 Å². The van der Waals surface area contributed by atoms with Gasteiger partial charge in [0.25, 0.3) is 0 Å². The lowest BCUT2D eigenvalue weighted by atomic mass is 9.98. The molecular weight excluding hydrogens is 233 g/mol. The Balaban J connectivity index is 2.59. The van der Waals surface area contributed by atoms with Gasteiger partial charge in [0.05, 0.1) is 11.4 Å². The molecule has 1 aromatic carbocycles. The van der Waals surface area contributed by atoms with Crippen molar-refractivity contribution in [1.82, 2.24) is 4.98 Å². The van der Waals surface area contributed by atoms with E-state index in [0.717, 1.165) is 0 Å². The molecule has 0 fully saturated rings. The van der Waals surface area contributed by atoms with Crippen LogP contribution in [0.1, 0.15) is 11.5 Å². The number of hydrogen-bond acceptors (Lipinski definition) is 2. The highest BCUT2D eigenvalue weighted by Gasteiger charge is 2.40. The number of para-hydroxylation sites is 1. The number of aromatic hydroxyl groups is 1. The van der Waals surface area contributed by atoms with Crippen LogP contribution in [0.4, 0.5) is 13.2 Å². The van der Waals surface area contributed by atoms with E-state index >= 15 is 0 Å². The van der Waals surface area contributed by atoms with E-state index in [1.54, 1.807) is 0 Å². The molecule has 17 heavy (non-hydrogen) atoms. The number of rotatable bonds is 2. The van der Waals surface area contributed by atoms with Gasteiger partial charge in [-0.25, -0.2) is 0 Å². The Morgan fingerprint density at radius 1 is 1.35 bits per heavy atom. The Morgan fingerprint density at radius 2 is 2.06 bits per heavy atom. The molecule has 0 aliphatic rings. The van der Waals surface area contributed by atoms with Crippen molar-refractivity contribution in [3.8, 4) is 5.75 Å². The second kappa shape index (κ2) is 3.96. The number of nitrogens with two attached hydrogens (primary N) is 1. The standard InChI is InChI=1S/C11H11F3N2O/c12-11(13,14)8(4-15)7-5-16-10-6(7)2-1-3-9(10)17/h1-3,5,8,16-17H,4,15H2. The average molecular weight is 244 g/mol. The molecule has 0 radical (unpaired) electrons. The van der Waals surface area contributed by atoms with Gasteiger partial charge < -0.3 is 15.8 Å². The van der Waals surface area contributed by atoms with Gasteiger partial charge in [0.15, 0.2) is 0 Å². The Hall–Kier alpha value is -1.69. The van der Waals surface area contributed by atoms with Gasteiger partial charge in [0.2, 0.25) is 0 Å². The molecule has 0 spiro atoms. The molecule has 3 nitrogen and oxygen atoms in total. The maximum absolute atomic E-state index is 12.8. The van der Waals surface area contributed by atoms with Gasteiger partial charge in [-0.15, -0.1) is 0 Å². The van der Waals surface area contributed by atoms with E-state index in [1.807, 2.05) is 0 Å². The van der Waals surface area contributed by atoms with Crippen molar-refractivity contribution in [3.05, 3.63) is 30.0 Å². The third-order valence-electron chi connectivity index (χ3n) is 2.73. The molecular formula is C11H11F3N2O. The van der Waals surface area contributed by atoms with Crippen molar-refractivity contribution in [2.75, 3.05) is 6.54 Å². The van der Waals surface area contributed by atoms with Crippen LogP contribution < -0.4 is 5.73 Å². The van der Waals surface area contributed by atoms with Crippen LogP contribution in [0.25, 0.3) is 10.9 Å². The molecule has 0 aliphatic heterocycles. The van der Waals surface area contributed by atoms with Crippen LogP contribution in [0.5, 0.6) is 5.75 Å². The maximum atomic E-state index is 12.8. The number of halogens is 3. The molecule has 1 aromatic heterocycles. The van der Waals surface area contributed by atoms with Gasteiger partial charge in [0, 0.05) is 18.1 Å². The Bertz CT molecular complexity index is 533. The topological polar surface area (TPSA) is 62.0 Å². The van der Waals surface area contributed by atoms with Crippen molar-refractivity contribution >= 4 is 10.9 Å². The largest absolute Gasteiger partial charge is 0.506 e. The monoisotopic (exact) mass is 244 g/mol. The van der Waals surface area contributed by atoms with Crippen LogP contribution in [0.15, 0.2) is 24.4 Å². The number of H-pyrrole nitrogens is 1. The average Bonchev–Trinajstić information content (AvgIpc) is 2.63. The molecule has 6 heteroatoms. The summed E-state index contributed by atoms with van der Waals surface area (Å²) in [5.41, 5.74) is 5.54. The SMILES string of the molecule is NCC(c1c[nH]c2c(O)cccc12)C(F)(F)F. The van der Waals surface area contributed by atoms with Gasteiger partial charge in [-0.3, -0.25) is 0 Å². The fraction of sp³-hybridized carbons (Fsp3) is 0.273. The molecule has 92 valence electrons. The van der Waals surface area contributed by atoms with E-state index < -0.39 is 18.6 Å². The van der Waals surface area contributed by atoms with Crippen LogP contribution in [0, 0.1) is 0 Å². The summed E-state index contributed by atoms with van der Waals surface area (Å²) in [6.07, 6.45) is -3.15. The number of aromatic nitrogens is 1. The van der Waals surface area contributed by atoms with Crippen LogP contribution in [0.2, 0.25) is 0 Å². The van der Waals surface area contributed by atoms with Gasteiger partial charge >= 0.3 is 6.18 Å². The minimum Gasteiger partial charge on any atom is -0.506 e. The normalized spacial score (nSPS) is 14.1. The number of hydrogen-bond donors (Lipinski definition) is 3. The predicted molar refractivity (Wildman–Crippen MR) is 57.8 cm³/mol. The Morgan fingerprint density at radius 3 is 2.65 bits per heavy atom. The number of phenolic OH excluding ortho intramolecular Hbond substituents is 1. The third-order valence-corrected chi connectivity index (χ3v) is 2.73. The van der Waals surface area contributed by atoms with Crippen LogP contribution in [-0.2, 0) is 0 Å². The number of fused-ring (bicyclic) bond motifs is 1. The highest BCUT2D eigenvalue weighted by Crippen LogP contribution is 2.38. The number of aromatic amines is 1. The lowest BCUT2D eigenvalue weighted by molar-refractivity contribution is -0.147. The molecule has 1 heterocycles. The van der Waals surface area contributed by atoms with Gasteiger partial charge in [0.1, 0.15) is 5.75 Å². The lowest BCUT2D eigenvalue weighted by Crippen LogP contribution is -2.27. The van der Waals surface area contributed by atoms with Crippen molar-refractivity contribution in [2.24, 2.45) is 5.73 Å². The maximum Gasteiger partial charge on any atom is 0.397 e. The Labute approximate surface area is 95.0 Å². The number of phenols is 1. The summed E-state index contributed by atoms with van der Waals surface area (Å²) in [5, 5.41) is 9.84. The molecule has 0 aliphatic carbocycles. The summed E-state index contributed by atoms with van der Waals surface area (Å²) in [6, 6.07) is 4.43. The zero-order valence-electron chi connectivity index (χ0n) is 8.75. The van der Waals surface area contributed by atoms with Crippen LogP contribution in [0.3, 0.4) is 0 Å². The summed E-state index contributed by atoms with van der Waals surface area (Å²) >= 11 is 0. The zero-order valence-corrected chi connectivity index (χ0v) is 8.75. The second-order valence-electron chi connectivity index (χ2n) is 3.77. The van der Waals surface area contributed by atoms with Gasteiger partial charge in [-0.05, 0) is 11.6 Å². The van der Waals surface area contributed by atoms with Crippen LogP contribution in [-0.4, -0.2) is 22.8 Å². The van der Waals surface area contributed by atoms with E-state index in [2.05, 4.69) is 4.98 Å². The molecule has 2 aromatic rings.